The Morgan fingerprint density at radius 1 is 1.41 bits per heavy atom. The monoisotopic (exact) mass is 232 g/mol. The average molecular weight is 232 g/mol. The highest BCUT2D eigenvalue weighted by Gasteiger charge is 2.08. The van der Waals surface area contributed by atoms with Crippen LogP contribution in [0.3, 0.4) is 0 Å². The molecule has 2 N–H and O–H groups in total. The summed E-state index contributed by atoms with van der Waals surface area (Å²) in [6.07, 6.45) is 2.43. The van der Waals surface area contributed by atoms with E-state index in [2.05, 4.69) is 9.97 Å². The third-order valence-electron chi connectivity index (χ3n) is 2.46. The molecule has 5 nitrogen and oxygen atoms in total. The molecule has 2 rings (SSSR count). The van der Waals surface area contributed by atoms with Crippen molar-refractivity contribution in [2.24, 2.45) is 0 Å². The Bertz CT molecular complexity index is 481. The second kappa shape index (κ2) is 4.86. The number of hydrogen-bond acceptors (Lipinski definition) is 5. The molecule has 0 spiro atoms. The Balaban J connectivity index is 2.18. The molecule has 0 fully saturated rings. The maximum Gasteiger partial charge on any atom is 0.134 e. The summed E-state index contributed by atoms with van der Waals surface area (Å²) in [5.74, 6) is 2.96. The lowest BCUT2D eigenvalue weighted by atomic mass is 10.3. The second-order valence-corrected chi connectivity index (χ2v) is 3.86. The maximum atomic E-state index is 5.74. The van der Waals surface area contributed by atoms with Crippen LogP contribution in [0.15, 0.2) is 28.9 Å². The van der Waals surface area contributed by atoms with Crippen LogP contribution in [0.4, 0.5) is 11.6 Å². The standard InChI is InChI=1S/C12H16N4O/c1-3-11-14-10(13)7-12(15-11)16(2)8-9-5-4-6-17-9/h4-7H,3,8H2,1-2H3,(H2,13,14,15). The van der Waals surface area contributed by atoms with Gasteiger partial charge < -0.3 is 15.1 Å². The molecular formula is C12H16N4O. The summed E-state index contributed by atoms with van der Waals surface area (Å²) >= 11 is 0. The van der Waals surface area contributed by atoms with E-state index >= 15 is 0 Å². The number of furan rings is 1. The zero-order valence-electron chi connectivity index (χ0n) is 10.1. The number of aryl methyl sites for hydroxylation is 1. The fourth-order valence-electron chi connectivity index (χ4n) is 1.57. The average Bonchev–Trinajstić information content (AvgIpc) is 2.81. The first-order valence-corrected chi connectivity index (χ1v) is 5.56. The van der Waals surface area contributed by atoms with Gasteiger partial charge in [-0.15, -0.1) is 0 Å². The zero-order chi connectivity index (χ0) is 12.3. The van der Waals surface area contributed by atoms with Gasteiger partial charge in [0.1, 0.15) is 23.2 Å². The predicted octanol–water partition coefficient (Wildman–Crippen LogP) is 1.85. The lowest BCUT2D eigenvalue weighted by Crippen LogP contribution is -2.18. The summed E-state index contributed by atoms with van der Waals surface area (Å²) in [5.41, 5.74) is 5.74. The van der Waals surface area contributed by atoms with Crippen molar-refractivity contribution in [2.75, 3.05) is 17.7 Å². The minimum absolute atomic E-state index is 0.498. The van der Waals surface area contributed by atoms with Crippen molar-refractivity contribution in [1.82, 2.24) is 9.97 Å². The molecule has 17 heavy (non-hydrogen) atoms. The van der Waals surface area contributed by atoms with E-state index in [9.17, 15) is 0 Å². The molecule has 0 saturated carbocycles. The molecule has 2 aromatic heterocycles. The second-order valence-electron chi connectivity index (χ2n) is 3.86. The van der Waals surface area contributed by atoms with E-state index in [1.54, 1.807) is 12.3 Å². The SMILES string of the molecule is CCc1nc(N)cc(N(C)Cc2ccco2)n1. The van der Waals surface area contributed by atoms with Crippen molar-refractivity contribution >= 4 is 11.6 Å². The van der Waals surface area contributed by atoms with Gasteiger partial charge in [-0.2, -0.15) is 0 Å². The number of hydrogen-bond donors (Lipinski definition) is 1. The van der Waals surface area contributed by atoms with Gasteiger partial charge in [0.25, 0.3) is 0 Å². The maximum absolute atomic E-state index is 5.74. The quantitative estimate of drug-likeness (QED) is 0.871. The van der Waals surface area contributed by atoms with Gasteiger partial charge in [-0.1, -0.05) is 6.92 Å². The first-order valence-electron chi connectivity index (χ1n) is 5.56. The van der Waals surface area contributed by atoms with Crippen molar-refractivity contribution in [3.63, 3.8) is 0 Å². The fourth-order valence-corrected chi connectivity index (χ4v) is 1.57. The Labute approximate surface area is 100 Å². The third kappa shape index (κ3) is 2.75. The van der Waals surface area contributed by atoms with Gasteiger partial charge in [-0.25, -0.2) is 9.97 Å². The molecule has 0 saturated heterocycles. The first-order chi connectivity index (χ1) is 8.19. The summed E-state index contributed by atoms with van der Waals surface area (Å²) in [7, 11) is 1.95. The summed E-state index contributed by atoms with van der Waals surface area (Å²) in [5, 5.41) is 0. The number of aromatic nitrogens is 2. The minimum atomic E-state index is 0.498. The molecule has 0 radical (unpaired) electrons. The van der Waals surface area contributed by atoms with E-state index in [0.717, 1.165) is 23.8 Å². The van der Waals surface area contributed by atoms with Crippen LogP contribution >= 0.6 is 0 Å². The minimum Gasteiger partial charge on any atom is -0.467 e. The number of nitrogens with two attached hydrogens (primary N) is 1. The van der Waals surface area contributed by atoms with Gasteiger partial charge in [0.15, 0.2) is 0 Å². The molecular weight excluding hydrogens is 216 g/mol. The first kappa shape index (κ1) is 11.4. The van der Waals surface area contributed by atoms with E-state index in [1.165, 1.54) is 0 Å². The summed E-state index contributed by atoms with van der Waals surface area (Å²) < 4.78 is 5.30. The molecule has 0 amide bonds. The Morgan fingerprint density at radius 2 is 2.24 bits per heavy atom. The van der Waals surface area contributed by atoms with Gasteiger partial charge in [-0.05, 0) is 12.1 Å². The number of anilines is 2. The van der Waals surface area contributed by atoms with Gasteiger partial charge in [0, 0.05) is 19.5 Å². The number of nitrogen functional groups attached to an aromatic ring is 1. The van der Waals surface area contributed by atoms with Crippen molar-refractivity contribution in [3.05, 3.63) is 36.0 Å². The summed E-state index contributed by atoms with van der Waals surface area (Å²) in [4.78, 5) is 10.6. The van der Waals surface area contributed by atoms with Crippen molar-refractivity contribution < 1.29 is 4.42 Å². The lowest BCUT2D eigenvalue weighted by molar-refractivity contribution is 0.507. The van der Waals surface area contributed by atoms with Gasteiger partial charge in [0.05, 0.1) is 12.8 Å². The van der Waals surface area contributed by atoms with E-state index in [0.29, 0.717) is 12.4 Å². The normalized spacial score (nSPS) is 10.5. The summed E-state index contributed by atoms with van der Waals surface area (Å²) in [6.45, 7) is 2.66. The van der Waals surface area contributed by atoms with Crippen LogP contribution in [0.25, 0.3) is 0 Å². The van der Waals surface area contributed by atoms with Crippen LogP contribution in [0.1, 0.15) is 18.5 Å². The summed E-state index contributed by atoms with van der Waals surface area (Å²) in [6, 6.07) is 5.57. The Hall–Kier alpha value is -2.04. The molecule has 0 atom stereocenters. The Morgan fingerprint density at radius 3 is 2.88 bits per heavy atom. The lowest BCUT2D eigenvalue weighted by Gasteiger charge is -2.17. The van der Waals surface area contributed by atoms with E-state index in [-0.39, 0.29) is 0 Å². The number of nitrogens with zero attached hydrogens (tertiary/aromatic N) is 3. The van der Waals surface area contributed by atoms with Crippen LogP contribution in [0.5, 0.6) is 0 Å². The van der Waals surface area contributed by atoms with Crippen molar-refractivity contribution in [2.45, 2.75) is 19.9 Å². The highest BCUT2D eigenvalue weighted by atomic mass is 16.3. The molecule has 0 unspecified atom stereocenters. The topological polar surface area (TPSA) is 68.2 Å². The van der Waals surface area contributed by atoms with E-state index < -0.39 is 0 Å². The van der Waals surface area contributed by atoms with Crippen LogP contribution in [0.2, 0.25) is 0 Å². The highest BCUT2D eigenvalue weighted by Crippen LogP contribution is 2.15. The zero-order valence-corrected chi connectivity index (χ0v) is 10.1. The fraction of sp³-hybridized carbons (Fsp3) is 0.333. The molecule has 90 valence electrons. The third-order valence-corrected chi connectivity index (χ3v) is 2.46. The molecule has 2 heterocycles. The van der Waals surface area contributed by atoms with Gasteiger partial charge >= 0.3 is 0 Å². The van der Waals surface area contributed by atoms with E-state index in [1.807, 2.05) is 31.0 Å². The van der Waals surface area contributed by atoms with Crippen LogP contribution in [0, 0.1) is 0 Å². The van der Waals surface area contributed by atoms with Crippen molar-refractivity contribution in [1.29, 1.82) is 0 Å². The van der Waals surface area contributed by atoms with Crippen LogP contribution < -0.4 is 10.6 Å². The van der Waals surface area contributed by atoms with Crippen LogP contribution in [-0.2, 0) is 13.0 Å². The van der Waals surface area contributed by atoms with Gasteiger partial charge in [0.2, 0.25) is 0 Å². The molecule has 0 aliphatic rings. The largest absolute Gasteiger partial charge is 0.467 e. The van der Waals surface area contributed by atoms with Crippen molar-refractivity contribution in [3.8, 4) is 0 Å². The molecule has 0 aromatic carbocycles. The predicted molar refractivity (Wildman–Crippen MR) is 66.6 cm³/mol. The Kier molecular flexibility index (Phi) is 3.27. The van der Waals surface area contributed by atoms with Gasteiger partial charge in [-0.3, -0.25) is 0 Å². The molecule has 0 bridgehead atoms. The molecule has 5 heteroatoms. The molecule has 2 aromatic rings. The molecule has 0 aliphatic heterocycles. The van der Waals surface area contributed by atoms with E-state index in [4.69, 9.17) is 10.2 Å². The number of rotatable bonds is 4. The van der Waals surface area contributed by atoms with Crippen LogP contribution in [-0.4, -0.2) is 17.0 Å². The highest BCUT2D eigenvalue weighted by molar-refractivity contribution is 5.46. The molecule has 0 aliphatic carbocycles. The smallest absolute Gasteiger partial charge is 0.134 e.